The molecule has 5 rings (SSSR count). The van der Waals surface area contributed by atoms with E-state index < -0.39 is 22.7 Å². The summed E-state index contributed by atoms with van der Waals surface area (Å²) in [6.45, 7) is 2.49. The molecular weight excluding hydrogens is 442 g/mol. The van der Waals surface area contributed by atoms with E-state index in [0.29, 0.717) is 45.1 Å². The molecule has 1 aliphatic heterocycles. The predicted octanol–water partition coefficient (Wildman–Crippen LogP) is 1.52. The molecule has 5 aliphatic rings. The van der Waals surface area contributed by atoms with E-state index in [1.807, 2.05) is 0 Å². The lowest BCUT2D eigenvalue weighted by Crippen LogP contribution is -2.68. The number of hydrazone groups is 1. The van der Waals surface area contributed by atoms with Crippen molar-refractivity contribution in [2.45, 2.75) is 82.0 Å². The molecule has 0 aromatic carbocycles. The number of ether oxygens (including phenoxy) is 1. The molecule has 4 aliphatic carbocycles. The first kappa shape index (κ1) is 23.2. The van der Waals surface area contributed by atoms with Crippen molar-refractivity contribution in [2.24, 2.45) is 39.4 Å². The molecule has 0 bridgehead atoms. The van der Waals surface area contributed by atoms with Gasteiger partial charge in [-0.25, -0.2) is 4.79 Å². The van der Waals surface area contributed by atoms with Crippen LogP contribution in [0.25, 0.3) is 0 Å². The number of hydrogen-bond donors (Lipinski definition) is 5. The van der Waals surface area contributed by atoms with Crippen LogP contribution >= 0.6 is 12.2 Å². The van der Waals surface area contributed by atoms with E-state index in [1.165, 1.54) is 0 Å². The predicted molar refractivity (Wildman–Crippen MR) is 126 cm³/mol. The minimum absolute atomic E-state index is 0.00771. The first-order valence-corrected chi connectivity index (χ1v) is 12.6. The van der Waals surface area contributed by atoms with E-state index in [2.05, 4.69) is 17.5 Å². The summed E-state index contributed by atoms with van der Waals surface area (Å²) in [5.41, 5.74) is 6.20. The highest BCUT2D eigenvalue weighted by Gasteiger charge is 2.71. The number of carbonyl (C=O) groups is 1. The molecule has 182 valence electrons. The van der Waals surface area contributed by atoms with Gasteiger partial charge >= 0.3 is 5.97 Å². The molecule has 0 spiro atoms. The van der Waals surface area contributed by atoms with Crippen molar-refractivity contribution in [3.05, 3.63) is 11.6 Å². The smallest absolute Gasteiger partial charge is 0.331 e. The first-order chi connectivity index (χ1) is 15.5. The Labute approximate surface area is 199 Å². The van der Waals surface area contributed by atoms with Gasteiger partial charge in [0.25, 0.3) is 0 Å². The van der Waals surface area contributed by atoms with Crippen LogP contribution < -0.4 is 11.2 Å². The highest BCUT2D eigenvalue weighted by molar-refractivity contribution is 7.80. The number of nitrogens with one attached hydrogen (secondary N) is 1. The van der Waals surface area contributed by atoms with E-state index in [-0.39, 0.29) is 34.3 Å². The largest absolute Gasteiger partial charge is 0.458 e. The fourth-order valence-corrected chi connectivity index (χ4v) is 8.62. The summed E-state index contributed by atoms with van der Waals surface area (Å²) in [6, 6.07) is 0. The molecule has 0 aromatic heterocycles. The van der Waals surface area contributed by atoms with Crippen molar-refractivity contribution < 1.29 is 24.9 Å². The molecule has 6 N–H and O–H groups in total. The van der Waals surface area contributed by atoms with Crippen molar-refractivity contribution in [1.29, 1.82) is 0 Å². The Kier molecular flexibility index (Phi) is 5.44. The second kappa shape index (κ2) is 7.73. The number of aliphatic hydroxyl groups excluding tert-OH is 1. The van der Waals surface area contributed by atoms with Crippen molar-refractivity contribution in [3.63, 3.8) is 0 Å². The van der Waals surface area contributed by atoms with Gasteiger partial charge in [0.1, 0.15) is 6.61 Å². The second-order valence-corrected chi connectivity index (χ2v) is 11.7. The van der Waals surface area contributed by atoms with Crippen LogP contribution in [0.3, 0.4) is 0 Å². The molecule has 0 radical (unpaired) electrons. The lowest BCUT2D eigenvalue weighted by molar-refractivity contribution is -0.237. The molecule has 9 heteroatoms. The van der Waals surface area contributed by atoms with Gasteiger partial charge in [0.2, 0.25) is 0 Å². The number of thiocarbonyl (C=S) groups is 1. The zero-order valence-electron chi connectivity index (χ0n) is 19.1. The summed E-state index contributed by atoms with van der Waals surface area (Å²) in [5, 5.41) is 39.0. The van der Waals surface area contributed by atoms with Crippen molar-refractivity contribution in [3.8, 4) is 0 Å². The van der Waals surface area contributed by atoms with Crippen molar-refractivity contribution in [2.75, 3.05) is 6.61 Å². The zero-order valence-corrected chi connectivity index (χ0v) is 19.9. The van der Waals surface area contributed by atoms with E-state index in [0.717, 1.165) is 24.8 Å². The number of nitrogens with two attached hydrogens (primary N) is 1. The van der Waals surface area contributed by atoms with E-state index in [1.54, 1.807) is 12.3 Å². The van der Waals surface area contributed by atoms with Crippen LogP contribution in [-0.4, -0.2) is 56.5 Å². The quantitative estimate of drug-likeness (QED) is 0.179. The molecule has 1 heterocycles. The topological polar surface area (TPSA) is 137 Å². The third-order valence-corrected chi connectivity index (χ3v) is 10.2. The first-order valence-electron chi connectivity index (χ1n) is 12.1. The second-order valence-electron chi connectivity index (χ2n) is 11.3. The lowest BCUT2D eigenvalue weighted by atomic mass is 9.41. The Morgan fingerprint density at radius 3 is 2.67 bits per heavy atom. The lowest BCUT2D eigenvalue weighted by Gasteiger charge is -2.65. The summed E-state index contributed by atoms with van der Waals surface area (Å²) in [6.07, 6.45) is 8.63. The van der Waals surface area contributed by atoms with Gasteiger partial charge in [-0.05, 0) is 86.9 Å². The summed E-state index contributed by atoms with van der Waals surface area (Å²) in [4.78, 5) is 11.7. The molecule has 2 unspecified atom stereocenters. The van der Waals surface area contributed by atoms with Crippen molar-refractivity contribution >= 4 is 29.5 Å². The van der Waals surface area contributed by atoms with Gasteiger partial charge in [0.15, 0.2) is 5.11 Å². The van der Waals surface area contributed by atoms with Crippen LogP contribution in [0.4, 0.5) is 0 Å². The number of rotatable bonds is 3. The van der Waals surface area contributed by atoms with Gasteiger partial charge in [-0.1, -0.05) is 6.92 Å². The molecule has 0 saturated heterocycles. The summed E-state index contributed by atoms with van der Waals surface area (Å²) < 4.78 is 5.20. The Hall–Kier alpha value is -1.55. The van der Waals surface area contributed by atoms with Gasteiger partial charge in [0, 0.05) is 29.5 Å². The van der Waals surface area contributed by atoms with Crippen LogP contribution in [-0.2, 0) is 9.53 Å². The molecule has 0 aromatic rings. The summed E-state index contributed by atoms with van der Waals surface area (Å²) in [7, 11) is 0. The summed E-state index contributed by atoms with van der Waals surface area (Å²) in [5.74, 6) is -0.161. The standard InChI is InChI=1S/C24H35N3O5S/c1-21-6-3-17-18(24(21,31)9-5-16(21)14-10-19(29)32-12-14)4-8-23(30)11-15(28)2-7-22(17,23)13-26-27-20(25)33/h10,13,15-18,28,30-31H,2-9,11-12H2,1H3,(H3,25,27,33)/t15-,16+,17?,18?,21+,22-,23-,24-/m0/s1. The number of aliphatic hydroxyl groups is 3. The average Bonchev–Trinajstić information content (AvgIpc) is 3.28. The number of carbonyl (C=O) groups excluding carboxylic acids is 1. The fourth-order valence-electron chi connectivity index (χ4n) is 8.57. The number of cyclic esters (lactones) is 1. The van der Waals surface area contributed by atoms with Crippen LogP contribution in [0.2, 0.25) is 0 Å². The number of hydrogen-bond acceptors (Lipinski definition) is 7. The van der Waals surface area contributed by atoms with Gasteiger partial charge in [0.05, 0.1) is 17.3 Å². The normalized spacial score (nSPS) is 49.1. The Bertz CT molecular complexity index is 926. The van der Waals surface area contributed by atoms with E-state index >= 15 is 0 Å². The molecule has 8 atom stereocenters. The Balaban J connectivity index is 1.52. The zero-order chi connectivity index (χ0) is 23.6. The Morgan fingerprint density at radius 2 is 1.97 bits per heavy atom. The van der Waals surface area contributed by atoms with Crippen LogP contribution in [0.15, 0.2) is 16.8 Å². The monoisotopic (exact) mass is 477 g/mol. The third-order valence-electron chi connectivity index (χ3n) is 10.1. The molecule has 0 amide bonds. The number of esters is 1. The number of fused-ring (bicyclic) bond motifs is 5. The molecular formula is C24H35N3O5S. The maximum absolute atomic E-state index is 12.3. The average molecular weight is 478 g/mol. The van der Waals surface area contributed by atoms with Crippen molar-refractivity contribution in [1.82, 2.24) is 5.43 Å². The van der Waals surface area contributed by atoms with E-state index in [9.17, 15) is 20.1 Å². The number of nitrogens with zero attached hydrogens (tertiary/aromatic N) is 1. The highest BCUT2D eigenvalue weighted by Crippen LogP contribution is 2.70. The van der Waals surface area contributed by atoms with E-state index in [4.69, 9.17) is 22.7 Å². The molecule has 4 fully saturated rings. The molecule has 4 saturated carbocycles. The van der Waals surface area contributed by atoms with Gasteiger partial charge < -0.3 is 25.8 Å². The maximum atomic E-state index is 12.3. The maximum Gasteiger partial charge on any atom is 0.331 e. The van der Waals surface area contributed by atoms with Gasteiger partial charge in [-0.3, -0.25) is 5.43 Å². The third kappa shape index (κ3) is 3.22. The van der Waals surface area contributed by atoms with Crippen LogP contribution in [0, 0.1) is 28.6 Å². The van der Waals surface area contributed by atoms with Crippen LogP contribution in [0.1, 0.15) is 64.7 Å². The fraction of sp³-hybridized carbons (Fsp3) is 0.792. The highest BCUT2D eigenvalue weighted by atomic mass is 32.1. The van der Waals surface area contributed by atoms with Crippen LogP contribution in [0.5, 0.6) is 0 Å². The van der Waals surface area contributed by atoms with Gasteiger partial charge in [-0.2, -0.15) is 5.10 Å². The minimum atomic E-state index is -1.09. The molecule has 8 nitrogen and oxygen atoms in total. The Morgan fingerprint density at radius 1 is 1.21 bits per heavy atom. The minimum Gasteiger partial charge on any atom is -0.458 e. The van der Waals surface area contributed by atoms with Gasteiger partial charge in [-0.15, -0.1) is 0 Å². The molecule has 33 heavy (non-hydrogen) atoms. The summed E-state index contributed by atoms with van der Waals surface area (Å²) >= 11 is 4.91. The SMILES string of the molecule is C[C@]12CCC3C(CC[C@]4(O)C[C@@H](O)CC[C@]34C=NNC(N)=S)[C@@]1(O)CC[C@@H]2C1=CC(=O)OC1.